The van der Waals surface area contributed by atoms with Crippen LogP contribution in [0.2, 0.25) is 0 Å². The van der Waals surface area contributed by atoms with Crippen LogP contribution in [0.15, 0.2) is 84.4 Å². The van der Waals surface area contributed by atoms with Gasteiger partial charge in [0, 0.05) is 16.0 Å². The molecule has 10 heteroatoms. The van der Waals surface area contributed by atoms with Gasteiger partial charge in [0.05, 0.1) is 23.3 Å². The third-order valence-corrected chi connectivity index (χ3v) is 8.63. The van der Waals surface area contributed by atoms with Crippen LogP contribution in [0.1, 0.15) is 16.7 Å². The molecular formula is C31H21N7OS2. The smallest absolute Gasteiger partial charge is 0.242 e. The Morgan fingerprint density at radius 2 is 1.76 bits per heavy atom. The third-order valence-electron chi connectivity index (χ3n) is 6.63. The van der Waals surface area contributed by atoms with E-state index in [1.165, 1.54) is 21.4 Å². The van der Waals surface area contributed by atoms with Gasteiger partial charge in [-0.3, -0.25) is 0 Å². The molecule has 0 amide bonds. The maximum atomic E-state index is 9.29. The number of benzene rings is 3. The fraction of sp³-hybridized carbons (Fsp3) is 0.0645. The lowest BCUT2D eigenvalue weighted by atomic mass is 10.1. The number of fused-ring (bicyclic) bond motifs is 2. The summed E-state index contributed by atoms with van der Waals surface area (Å²) in [5.74, 6) is 1.59. The molecule has 0 aliphatic rings. The monoisotopic (exact) mass is 571 g/mol. The van der Waals surface area contributed by atoms with E-state index in [1.807, 2.05) is 84.7 Å². The fourth-order valence-corrected chi connectivity index (χ4v) is 6.41. The van der Waals surface area contributed by atoms with Crippen molar-refractivity contribution in [3.8, 4) is 34.0 Å². The quantitative estimate of drug-likeness (QED) is 0.215. The summed E-state index contributed by atoms with van der Waals surface area (Å²) in [4.78, 5) is 9.38. The number of hydrogen-bond donors (Lipinski definition) is 1. The Kier molecular flexibility index (Phi) is 6.15. The summed E-state index contributed by atoms with van der Waals surface area (Å²) < 4.78 is 10.2. The summed E-state index contributed by atoms with van der Waals surface area (Å²) in [6, 6.07) is 26.1. The highest BCUT2D eigenvalue weighted by molar-refractivity contribution is 7.21. The molecule has 0 saturated heterocycles. The lowest BCUT2D eigenvalue weighted by Crippen LogP contribution is -2.00. The van der Waals surface area contributed by atoms with Crippen molar-refractivity contribution in [3.05, 3.63) is 101 Å². The minimum atomic E-state index is 0.429. The second-order valence-corrected chi connectivity index (χ2v) is 11.5. The average Bonchev–Trinajstić information content (AvgIpc) is 3.74. The van der Waals surface area contributed by atoms with Gasteiger partial charge in [-0.1, -0.05) is 35.5 Å². The van der Waals surface area contributed by atoms with E-state index in [4.69, 9.17) is 9.72 Å². The van der Waals surface area contributed by atoms with Gasteiger partial charge < -0.3 is 10.1 Å². The zero-order chi connectivity index (χ0) is 27.9. The van der Waals surface area contributed by atoms with Crippen LogP contribution in [-0.2, 0) is 0 Å². The standard InChI is InChI=1S/C31H21N7OS2/c1-18-13-20(16-32)14-19(2)28(18)39-30-29-24(11-12-40-29)34-31(35-30)33-23-9-7-21(8-10-23)25-17-38(37-36-25)27-15-22-5-3-4-6-26(22)41-27/h3-15,17H,1-2H3,(H,33,34,35). The lowest BCUT2D eigenvalue weighted by molar-refractivity contribution is 0.463. The second-order valence-electron chi connectivity index (χ2n) is 9.51. The maximum absolute atomic E-state index is 9.29. The Balaban J connectivity index is 1.13. The molecule has 0 radical (unpaired) electrons. The molecule has 0 spiro atoms. The summed E-state index contributed by atoms with van der Waals surface area (Å²) in [6.45, 7) is 3.86. The molecule has 0 atom stereocenters. The molecule has 0 bridgehead atoms. The average molecular weight is 572 g/mol. The van der Waals surface area contributed by atoms with Crippen LogP contribution in [0.4, 0.5) is 11.6 Å². The normalized spacial score (nSPS) is 11.1. The number of ether oxygens (including phenoxy) is 1. The highest BCUT2D eigenvalue weighted by atomic mass is 32.1. The summed E-state index contributed by atoms with van der Waals surface area (Å²) in [7, 11) is 0. The van der Waals surface area contributed by atoms with E-state index in [1.54, 1.807) is 11.3 Å². The van der Waals surface area contributed by atoms with Gasteiger partial charge in [0.25, 0.3) is 0 Å². The van der Waals surface area contributed by atoms with E-state index in [9.17, 15) is 5.26 Å². The molecule has 7 rings (SSSR count). The van der Waals surface area contributed by atoms with Crippen LogP contribution in [-0.4, -0.2) is 25.0 Å². The first-order chi connectivity index (χ1) is 20.0. The molecule has 4 aromatic heterocycles. The van der Waals surface area contributed by atoms with Gasteiger partial charge in [0.1, 0.15) is 21.1 Å². The Morgan fingerprint density at radius 1 is 0.951 bits per heavy atom. The summed E-state index contributed by atoms with van der Waals surface area (Å²) in [6.07, 6.45) is 1.94. The van der Waals surface area contributed by atoms with Gasteiger partial charge in [0.2, 0.25) is 11.8 Å². The maximum Gasteiger partial charge on any atom is 0.242 e. The molecule has 0 saturated carbocycles. The van der Waals surface area contributed by atoms with Gasteiger partial charge in [-0.2, -0.15) is 10.2 Å². The number of aromatic nitrogens is 5. The zero-order valence-corrected chi connectivity index (χ0v) is 23.6. The molecule has 0 aliphatic carbocycles. The molecule has 198 valence electrons. The molecule has 1 N–H and O–H groups in total. The molecule has 0 unspecified atom stereocenters. The van der Waals surface area contributed by atoms with Crippen LogP contribution in [0, 0.1) is 25.2 Å². The number of rotatable bonds is 6. The van der Waals surface area contributed by atoms with Gasteiger partial charge in [-0.25, -0.2) is 9.67 Å². The first kappa shape index (κ1) is 24.9. The van der Waals surface area contributed by atoms with Crippen molar-refractivity contribution in [2.75, 3.05) is 5.32 Å². The number of thiophene rings is 2. The van der Waals surface area contributed by atoms with E-state index in [0.29, 0.717) is 23.1 Å². The van der Waals surface area contributed by atoms with Gasteiger partial charge in [-0.05, 0) is 78.2 Å². The van der Waals surface area contributed by atoms with Crippen molar-refractivity contribution in [3.63, 3.8) is 0 Å². The fourth-order valence-electron chi connectivity index (χ4n) is 4.67. The van der Waals surface area contributed by atoms with E-state index in [0.717, 1.165) is 43.3 Å². The van der Waals surface area contributed by atoms with E-state index in [2.05, 4.69) is 44.9 Å². The SMILES string of the molecule is Cc1cc(C#N)cc(C)c1Oc1nc(Nc2ccc(-c3cn(-c4cc5ccccc5s4)nn3)cc2)nc2ccsc12. The minimum Gasteiger partial charge on any atom is -0.437 e. The number of nitrogens with one attached hydrogen (secondary N) is 1. The van der Waals surface area contributed by atoms with Crippen LogP contribution in [0.25, 0.3) is 36.6 Å². The topological polar surface area (TPSA) is 102 Å². The first-order valence-corrected chi connectivity index (χ1v) is 14.5. The first-order valence-electron chi connectivity index (χ1n) is 12.8. The van der Waals surface area contributed by atoms with Crippen LogP contribution < -0.4 is 10.1 Å². The molecule has 41 heavy (non-hydrogen) atoms. The number of anilines is 2. The zero-order valence-electron chi connectivity index (χ0n) is 22.0. The highest BCUT2D eigenvalue weighted by Crippen LogP contribution is 2.36. The molecule has 7 aromatic rings. The molecule has 4 heterocycles. The van der Waals surface area contributed by atoms with Gasteiger partial charge in [-0.15, -0.1) is 27.8 Å². The van der Waals surface area contributed by atoms with Crippen molar-refractivity contribution in [2.24, 2.45) is 0 Å². The predicted molar refractivity (Wildman–Crippen MR) is 164 cm³/mol. The van der Waals surface area contributed by atoms with Crippen molar-refractivity contribution in [2.45, 2.75) is 13.8 Å². The molecule has 0 fully saturated rings. The van der Waals surface area contributed by atoms with E-state index in [-0.39, 0.29) is 0 Å². The largest absolute Gasteiger partial charge is 0.437 e. The second kappa shape index (κ2) is 10.1. The van der Waals surface area contributed by atoms with Crippen LogP contribution in [0.3, 0.4) is 0 Å². The summed E-state index contributed by atoms with van der Waals surface area (Å²) in [5.41, 5.74) is 5.71. The third kappa shape index (κ3) is 4.78. The van der Waals surface area contributed by atoms with E-state index >= 15 is 0 Å². The molecular weight excluding hydrogens is 551 g/mol. The predicted octanol–water partition coefficient (Wildman–Crippen LogP) is 8.18. The lowest BCUT2D eigenvalue weighted by Gasteiger charge is -2.13. The van der Waals surface area contributed by atoms with Crippen LogP contribution >= 0.6 is 22.7 Å². The Morgan fingerprint density at radius 3 is 2.54 bits per heavy atom. The highest BCUT2D eigenvalue weighted by Gasteiger charge is 2.15. The number of hydrogen-bond acceptors (Lipinski definition) is 9. The molecule has 3 aromatic carbocycles. The summed E-state index contributed by atoms with van der Waals surface area (Å²) >= 11 is 3.21. The van der Waals surface area contributed by atoms with Crippen LogP contribution in [0.5, 0.6) is 11.6 Å². The van der Waals surface area contributed by atoms with Crippen molar-refractivity contribution in [1.82, 2.24) is 25.0 Å². The number of nitrogens with zero attached hydrogens (tertiary/aromatic N) is 6. The van der Waals surface area contributed by atoms with Crippen molar-refractivity contribution >= 4 is 54.6 Å². The Bertz CT molecular complexity index is 2050. The van der Waals surface area contributed by atoms with E-state index < -0.39 is 0 Å². The van der Waals surface area contributed by atoms with Crippen molar-refractivity contribution in [1.29, 1.82) is 5.26 Å². The molecule has 8 nitrogen and oxygen atoms in total. The Labute approximate surface area is 243 Å². The molecule has 0 aliphatic heterocycles. The number of aryl methyl sites for hydroxylation is 2. The number of nitriles is 1. The Hall–Kier alpha value is -5.11. The van der Waals surface area contributed by atoms with Gasteiger partial charge >= 0.3 is 0 Å². The van der Waals surface area contributed by atoms with Crippen molar-refractivity contribution < 1.29 is 4.74 Å². The minimum absolute atomic E-state index is 0.429. The summed E-state index contributed by atoms with van der Waals surface area (Å²) in [5, 5.41) is 25.5. The van der Waals surface area contributed by atoms with Gasteiger partial charge in [0.15, 0.2) is 0 Å².